The van der Waals surface area contributed by atoms with E-state index in [4.69, 9.17) is 0 Å². The fraction of sp³-hybridized carbons (Fsp3) is 0.167. The summed E-state index contributed by atoms with van der Waals surface area (Å²) in [4.78, 5) is 0. The Kier molecular flexibility index (Phi) is 2.33. The van der Waals surface area contributed by atoms with Gasteiger partial charge in [0.25, 0.3) is 0 Å². The molecule has 0 atom stereocenters. The summed E-state index contributed by atoms with van der Waals surface area (Å²) in [6.45, 7) is 1.88. The van der Waals surface area contributed by atoms with Gasteiger partial charge in [-0.2, -0.15) is 11.3 Å². The van der Waals surface area contributed by atoms with Crippen molar-refractivity contribution >= 4 is 22.1 Å². The fourth-order valence-electron chi connectivity index (χ4n) is 1.31. The van der Waals surface area contributed by atoms with Crippen molar-refractivity contribution in [1.82, 2.24) is 0 Å². The van der Waals surface area contributed by atoms with Crippen molar-refractivity contribution in [2.75, 3.05) is 0 Å². The second-order valence-electron chi connectivity index (χ2n) is 2.94. The number of thiophene rings is 1. The fourth-order valence-corrected chi connectivity index (χ4v) is 2.09. The topological polar surface area (TPSA) is 0 Å². The molecular weight excluding hydrogens is 176 g/mol. The molecule has 0 spiro atoms. The molecule has 0 aliphatic rings. The van der Waals surface area contributed by atoms with E-state index in [1.807, 2.05) is 6.92 Å². The molecule has 13 heavy (non-hydrogen) atoms. The van der Waals surface area contributed by atoms with Crippen LogP contribution in [0.15, 0.2) is 29.0 Å². The molecule has 0 aliphatic carbocycles. The largest absolute Gasteiger partial charge is 0.151 e. The van der Waals surface area contributed by atoms with E-state index >= 15 is 0 Å². The summed E-state index contributed by atoms with van der Waals surface area (Å²) in [5.74, 6) is 5.99. The van der Waals surface area contributed by atoms with Crippen molar-refractivity contribution < 1.29 is 0 Å². The molecule has 1 aromatic heterocycles. The SMILES string of the molecule is CC#CCc1ccc2cscc2c1. The first-order chi connectivity index (χ1) is 6.40. The lowest BCUT2D eigenvalue weighted by molar-refractivity contribution is 1.33. The summed E-state index contributed by atoms with van der Waals surface area (Å²) in [6, 6.07) is 6.54. The van der Waals surface area contributed by atoms with E-state index in [-0.39, 0.29) is 0 Å². The second-order valence-corrected chi connectivity index (χ2v) is 3.68. The van der Waals surface area contributed by atoms with Crippen LogP contribution in [0.25, 0.3) is 10.8 Å². The van der Waals surface area contributed by atoms with Gasteiger partial charge in [-0.1, -0.05) is 18.1 Å². The van der Waals surface area contributed by atoms with Crippen molar-refractivity contribution in [3.05, 3.63) is 34.5 Å². The highest BCUT2D eigenvalue weighted by molar-refractivity contribution is 7.09. The third-order valence-corrected chi connectivity index (χ3v) is 2.79. The van der Waals surface area contributed by atoms with Crippen LogP contribution in [0.5, 0.6) is 0 Å². The minimum atomic E-state index is 0.863. The standard InChI is InChI=1S/C12H10S/c1-2-3-4-10-5-6-11-8-13-9-12(11)7-10/h5-9H,4H2,1H3. The summed E-state index contributed by atoms with van der Waals surface area (Å²) in [6.07, 6.45) is 0.863. The van der Waals surface area contributed by atoms with Crippen LogP contribution in [0, 0.1) is 11.8 Å². The second kappa shape index (κ2) is 3.64. The molecule has 2 rings (SSSR count). The van der Waals surface area contributed by atoms with E-state index in [2.05, 4.69) is 40.8 Å². The van der Waals surface area contributed by atoms with Gasteiger partial charge in [0.05, 0.1) is 0 Å². The Hall–Kier alpha value is -1.26. The van der Waals surface area contributed by atoms with Crippen molar-refractivity contribution in [3.8, 4) is 11.8 Å². The zero-order valence-electron chi connectivity index (χ0n) is 7.50. The van der Waals surface area contributed by atoms with Gasteiger partial charge in [-0.3, -0.25) is 0 Å². The van der Waals surface area contributed by atoms with E-state index in [9.17, 15) is 0 Å². The molecule has 0 unspecified atom stereocenters. The van der Waals surface area contributed by atoms with Crippen LogP contribution < -0.4 is 0 Å². The van der Waals surface area contributed by atoms with Gasteiger partial charge in [-0.25, -0.2) is 0 Å². The monoisotopic (exact) mass is 186 g/mol. The molecule has 64 valence electrons. The molecule has 2 aromatic rings. The molecule has 0 fully saturated rings. The molecule has 0 saturated carbocycles. The lowest BCUT2D eigenvalue weighted by atomic mass is 10.1. The first kappa shape index (κ1) is 8.34. The maximum Gasteiger partial charge on any atom is 0.0340 e. The van der Waals surface area contributed by atoms with Gasteiger partial charge in [0, 0.05) is 6.42 Å². The zero-order chi connectivity index (χ0) is 9.10. The average Bonchev–Trinajstić information content (AvgIpc) is 2.61. The van der Waals surface area contributed by atoms with Gasteiger partial charge < -0.3 is 0 Å². The Balaban J connectivity index is 2.40. The summed E-state index contributed by atoms with van der Waals surface area (Å²) in [5, 5.41) is 7.02. The minimum Gasteiger partial charge on any atom is -0.151 e. The van der Waals surface area contributed by atoms with E-state index in [1.54, 1.807) is 11.3 Å². The van der Waals surface area contributed by atoms with Gasteiger partial charge in [0.15, 0.2) is 0 Å². The van der Waals surface area contributed by atoms with Gasteiger partial charge >= 0.3 is 0 Å². The number of hydrogen-bond donors (Lipinski definition) is 0. The van der Waals surface area contributed by atoms with Gasteiger partial charge in [-0.05, 0) is 40.1 Å². The van der Waals surface area contributed by atoms with E-state index in [0.29, 0.717) is 0 Å². The predicted molar refractivity (Wildman–Crippen MR) is 59.0 cm³/mol. The molecule has 0 amide bonds. The van der Waals surface area contributed by atoms with E-state index in [0.717, 1.165) is 6.42 Å². The third kappa shape index (κ3) is 1.74. The molecule has 0 aliphatic heterocycles. The number of benzene rings is 1. The minimum absolute atomic E-state index is 0.863. The zero-order valence-corrected chi connectivity index (χ0v) is 8.32. The molecule has 0 radical (unpaired) electrons. The van der Waals surface area contributed by atoms with Crippen LogP contribution in [0.2, 0.25) is 0 Å². The molecule has 0 N–H and O–H groups in total. The number of rotatable bonds is 1. The maximum absolute atomic E-state index is 3.07. The van der Waals surface area contributed by atoms with Gasteiger partial charge in [0.1, 0.15) is 0 Å². The average molecular weight is 186 g/mol. The maximum atomic E-state index is 3.07. The quantitative estimate of drug-likeness (QED) is 0.598. The number of fused-ring (bicyclic) bond motifs is 1. The van der Waals surface area contributed by atoms with Crippen LogP contribution in [-0.4, -0.2) is 0 Å². The first-order valence-electron chi connectivity index (χ1n) is 4.24. The van der Waals surface area contributed by atoms with Crippen molar-refractivity contribution in [3.63, 3.8) is 0 Å². The van der Waals surface area contributed by atoms with Crippen molar-refractivity contribution in [1.29, 1.82) is 0 Å². The Morgan fingerprint density at radius 1 is 1.23 bits per heavy atom. The summed E-state index contributed by atoms with van der Waals surface area (Å²) >= 11 is 1.75. The Labute approximate surface area is 82.2 Å². The molecule has 0 nitrogen and oxygen atoms in total. The van der Waals surface area contributed by atoms with Crippen LogP contribution in [0.3, 0.4) is 0 Å². The Morgan fingerprint density at radius 2 is 2.08 bits per heavy atom. The normalized spacial score (nSPS) is 9.62. The summed E-state index contributed by atoms with van der Waals surface area (Å²) < 4.78 is 0. The molecule has 0 saturated heterocycles. The molecular formula is C12H10S. The van der Waals surface area contributed by atoms with E-state index in [1.165, 1.54) is 16.3 Å². The lowest BCUT2D eigenvalue weighted by Crippen LogP contribution is -1.79. The van der Waals surface area contributed by atoms with Gasteiger partial charge in [0.2, 0.25) is 0 Å². The highest BCUT2D eigenvalue weighted by atomic mass is 32.1. The smallest absolute Gasteiger partial charge is 0.0340 e. The van der Waals surface area contributed by atoms with Crippen molar-refractivity contribution in [2.45, 2.75) is 13.3 Å². The van der Waals surface area contributed by atoms with E-state index < -0.39 is 0 Å². The van der Waals surface area contributed by atoms with Crippen LogP contribution in [0.1, 0.15) is 12.5 Å². The molecule has 0 bridgehead atoms. The lowest BCUT2D eigenvalue weighted by Gasteiger charge is -1.94. The third-order valence-electron chi connectivity index (χ3n) is 2.01. The Morgan fingerprint density at radius 3 is 2.92 bits per heavy atom. The van der Waals surface area contributed by atoms with Crippen LogP contribution >= 0.6 is 11.3 Å². The first-order valence-corrected chi connectivity index (χ1v) is 5.19. The van der Waals surface area contributed by atoms with Crippen molar-refractivity contribution in [2.24, 2.45) is 0 Å². The predicted octanol–water partition coefficient (Wildman–Crippen LogP) is 3.47. The van der Waals surface area contributed by atoms with Crippen LogP contribution in [0.4, 0.5) is 0 Å². The summed E-state index contributed by atoms with van der Waals surface area (Å²) in [7, 11) is 0. The molecule has 1 aromatic carbocycles. The number of hydrogen-bond acceptors (Lipinski definition) is 1. The van der Waals surface area contributed by atoms with Crippen LogP contribution in [-0.2, 0) is 6.42 Å². The Bertz CT molecular complexity index is 468. The highest BCUT2D eigenvalue weighted by Gasteiger charge is 1.95. The summed E-state index contributed by atoms with van der Waals surface area (Å²) in [5.41, 5.74) is 1.31. The van der Waals surface area contributed by atoms with Gasteiger partial charge in [-0.15, -0.1) is 5.92 Å². The highest BCUT2D eigenvalue weighted by Crippen LogP contribution is 2.20. The molecule has 1 heteroatoms. The molecule has 1 heterocycles.